The quantitative estimate of drug-likeness (QED) is 0.142. The molecule has 0 N–H and O–H groups in total. The first-order valence-electron chi connectivity index (χ1n) is 26.1. The van der Waals surface area contributed by atoms with Crippen molar-refractivity contribution in [3.05, 3.63) is 313 Å². The molecule has 3 heteroatoms. The van der Waals surface area contributed by atoms with Gasteiger partial charge in [0.1, 0.15) is 0 Å². The molecule has 1 aromatic heterocycles. The Bertz CT molecular complexity index is 4280. The molecule has 0 aliphatic heterocycles. The number of rotatable bonds is 9. The standard InChI is InChI=1S/C73H48N2S/c1-4-19-49(20-5-1)50-35-38-57(39-36-50)74(55-23-6-2-7-24-55)59-44-54(52-22-18-21-51(43-52)53-37-42-72-66(46-53)65-30-13-17-34-71(65)76-72)45-60(47-59)75(56-25-8-3-9-26-56)58-40-41-64-63-29-12-16-33-69(63)73(70(64)48-58)67-31-14-10-27-61(67)62-28-11-15-32-68(62)73/h1-48H. The molecule has 0 amide bonds. The average Bonchev–Trinajstić information content (AvgIpc) is 4.34. The van der Waals surface area contributed by atoms with E-state index in [0.29, 0.717) is 0 Å². The van der Waals surface area contributed by atoms with Gasteiger partial charge in [-0.2, -0.15) is 0 Å². The van der Waals surface area contributed by atoms with E-state index in [1.807, 2.05) is 11.3 Å². The molecule has 0 bridgehead atoms. The van der Waals surface area contributed by atoms with Crippen molar-refractivity contribution in [1.82, 2.24) is 0 Å². The van der Waals surface area contributed by atoms with Crippen LogP contribution in [0.5, 0.6) is 0 Å². The topological polar surface area (TPSA) is 6.48 Å². The Balaban J connectivity index is 0.957. The van der Waals surface area contributed by atoms with E-state index in [0.717, 1.165) is 45.3 Å². The Morgan fingerprint density at radius 3 is 1.29 bits per heavy atom. The van der Waals surface area contributed by atoms with E-state index in [1.54, 1.807) is 0 Å². The van der Waals surface area contributed by atoms with Crippen molar-refractivity contribution in [2.24, 2.45) is 0 Å². The lowest BCUT2D eigenvalue weighted by Gasteiger charge is -2.33. The third-order valence-electron chi connectivity index (χ3n) is 15.8. The van der Waals surface area contributed by atoms with E-state index < -0.39 is 5.41 Å². The summed E-state index contributed by atoms with van der Waals surface area (Å²) >= 11 is 1.86. The van der Waals surface area contributed by atoms with Crippen molar-refractivity contribution in [1.29, 1.82) is 0 Å². The Morgan fingerprint density at radius 2 is 0.658 bits per heavy atom. The van der Waals surface area contributed by atoms with Crippen LogP contribution in [0.1, 0.15) is 22.3 Å². The molecule has 76 heavy (non-hydrogen) atoms. The molecule has 15 rings (SSSR count). The summed E-state index contributed by atoms with van der Waals surface area (Å²) in [7, 11) is 0. The van der Waals surface area contributed by atoms with Gasteiger partial charge in [0.05, 0.1) is 5.41 Å². The van der Waals surface area contributed by atoms with Crippen molar-refractivity contribution in [3.63, 3.8) is 0 Å². The second-order valence-corrected chi connectivity index (χ2v) is 21.1. The lowest BCUT2D eigenvalue weighted by molar-refractivity contribution is 0.793. The Labute approximate surface area is 447 Å². The Kier molecular flexibility index (Phi) is 10.3. The minimum Gasteiger partial charge on any atom is -0.310 e. The van der Waals surface area contributed by atoms with E-state index in [-0.39, 0.29) is 0 Å². The van der Waals surface area contributed by atoms with Gasteiger partial charge in [-0.15, -0.1) is 11.3 Å². The van der Waals surface area contributed by atoms with Gasteiger partial charge in [-0.3, -0.25) is 0 Å². The first-order valence-corrected chi connectivity index (χ1v) is 27.0. The predicted molar refractivity (Wildman–Crippen MR) is 321 cm³/mol. The van der Waals surface area contributed by atoms with Gasteiger partial charge in [0.25, 0.3) is 0 Å². The zero-order chi connectivity index (χ0) is 50.2. The van der Waals surface area contributed by atoms with E-state index in [9.17, 15) is 0 Å². The molecule has 356 valence electrons. The van der Waals surface area contributed by atoms with Crippen LogP contribution in [0, 0.1) is 0 Å². The SMILES string of the molecule is c1ccc(-c2ccc(N(c3ccccc3)c3cc(-c4cccc(-c5ccc6sc7ccccc7c6c5)c4)cc(N(c4ccccc4)c4ccc5c(c4)C4(c6ccccc6-c6ccccc64)c4ccccc4-5)c3)cc2)cc1. The van der Waals surface area contributed by atoms with Gasteiger partial charge in [-0.1, -0.05) is 200 Å². The molecule has 2 nitrogen and oxygen atoms in total. The molecule has 13 aromatic rings. The van der Waals surface area contributed by atoms with Crippen molar-refractivity contribution in [3.8, 4) is 55.6 Å². The lowest BCUT2D eigenvalue weighted by atomic mass is 9.70. The van der Waals surface area contributed by atoms with Crippen molar-refractivity contribution >= 4 is 65.6 Å². The fraction of sp³-hybridized carbons (Fsp3) is 0.0137. The van der Waals surface area contributed by atoms with Crippen molar-refractivity contribution in [2.75, 3.05) is 9.80 Å². The molecule has 0 fully saturated rings. The third-order valence-corrected chi connectivity index (χ3v) is 17.0. The van der Waals surface area contributed by atoms with Gasteiger partial charge >= 0.3 is 0 Å². The maximum Gasteiger partial charge on any atom is 0.0726 e. The molecular weight excluding hydrogens is 937 g/mol. The number of anilines is 6. The summed E-state index contributed by atoms with van der Waals surface area (Å²) in [4.78, 5) is 4.88. The van der Waals surface area contributed by atoms with Crippen LogP contribution in [-0.4, -0.2) is 0 Å². The highest BCUT2D eigenvalue weighted by atomic mass is 32.1. The van der Waals surface area contributed by atoms with Gasteiger partial charge in [0.15, 0.2) is 0 Å². The van der Waals surface area contributed by atoms with Gasteiger partial charge in [-0.25, -0.2) is 0 Å². The summed E-state index contributed by atoms with van der Waals surface area (Å²) in [6.45, 7) is 0. The summed E-state index contributed by atoms with van der Waals surface area (Å²) in [5, 5.41) is 2.60. The number of hydrogen-bond acceptors (Lipinski definition) is 3. The van der Waals surface area contributed by atoms with Gasteiger partial charge in [0, 0.05) is 54.3 Å². The largest absolute Gasteiger partial charge is 0.310 e. The summed E-state index contributed by atoms with van der Waals surface area (Å²) in [6.07, 6.45) is 0. The Hall–Kier alpha value is -9.54. The molecule has 12 aromatic carbocycles. The molecule has 2 aliphatic carbocycles. The summed E-state index contributed by atoms with van der Waals surface area (Å²) in [5.74, 6) is 0. The zero-order valence-corrected chi connectivity index (χ0v) is 42.3. The van der Waals surface area contributed by atoms with Crippen LogP contribution in [0.15, 0.2) is 291 Å². The molecule has 0 atom stereocenters. The summed E-state index contributed by atoms with van der Waals surface area (Å²) in [6, 6.07) is 108. The fourth-order valence-corrected chi connectivity index (χ4v) is 13.6. The van der Waals surface area contributed by atoms with Crippen molar-refractivity contribution < 1.29 is 0 Å². The lowest BCUT2D eigenvalue weighted by Crippen LogP contribution is -2.26. The number of hydrogen-bond donors (Lipinski definition) is 0. The molecular formula is C73H48N2S. The van der Waals surface area contributed by atoms with Gasteiger partial charge in [0.2, 0.25) is 0 Å². The summed E-state index contributed by atoms with van der Waals surface area (Å²) in [5.41, 5.74) is 23.4. The second-order valence-electron chi connectivity index (χ2n) is 20.0. The van der Waals surface area contributed by atoms with Crippen LogP contribution in [0.2, 0.25) is 0 Å². The number of fused-ring (bicyclic) bond motifs is 13. The third kappa shape index (κ3) is 7.01. The highest BCUT2D eigenvalue weighted by molar-refractivity contribution is 7.25. The minimum absolute atomic E-state index is 0.487. The molecule has 1 heterocycles. The van der Waals surface area contributed by atoms with E-state index in [2.05, 4.69) is 301 Å². The zero-order valence-electron chi connectivity index (χ0n) is 41.5. The summed E-state index contributed by atoms with van der Waals surface area (Å²) < 4.78 is 2.62. The van der Waals surface area contributed by atoms with Gasteiger partial charge < -0.3 is 9.80 Å². The molecule has 0 unspecified atom stereocenters. The number of para-hydroxylation sites is 2. The van der Waals surface area contributed by atoms with Crippen LogP contribution in [0.3, 0.4) is 0 Å². The van der Waals surface area contributed by atoms with E-state index in [1.165, 1.54) is 86.9 Å². The van der Waals surface area contributed by atoms with Gasteiger partial charge in [-0.05, 0) is 169 Å². The Morgan fingerprint density at radius 1 is 0.224 bits per heavy atom. The molecule has 2 aliphatic rings. The van der Waals surface area contributed by atoms with Crippen LogP contribution in [0.25, 0.3) is 75.8 Å². The molecule has 1 spiro atoms. The number of thiophene rings is 1. The maximum atomic E-state index is 2.50. The second kappa shape index (κ2) is 17.8. The molecule has 0 saturated carbocycles. The van der Waals surface area contributed by atoms with Crippen LogP contribution in [-0.2, 0) is 5.41 Å². The first kappa shape index (κ1) is 44.0. The first-order chi connectivity index (χ1) is 37.7. The normalized spacial score (nSPS) is 12.6. The highest BCUT2D eigenvalue weighted by Crippen LogP contribution is 2.63. The van der Waals surface area contributed by atoms with E-state index in [4.69, 9.17) is 0 Å². The van der Waals surface area contributed by atoms with E-state index >= 15 is 0 Å². The maximum absolute atomic E-state index is 2.50. The smallest absolute Gasteiger partial charge is 0.0726 e. The average molecular weight is 985 g/mol. The van der Waals surface area contributed by atoms with Crippen molar-refractivity contribution in [2.45, 2.75) is 5.41 Å². The van der Waals surface area contributed by atoms with Crippen LogP contribution >= 0.6 is 11.3 Å². The number of nitrogens with zero attached hydrogens (tertiary/aromatic N) is 2. The monoisotopic (exact) mass is 984 g/mol. The van der Waals surface area contributed by atoms with Crippen LogP contribution in [0.4, 0.5) is 34.1 Å². The predicted octanol–water partition coefficient (Wildman–Crippen LogP) is 20.3. The number of benzene rings is 12. The minimum atomic E-state index is -0.487. The highest BCUT2D eigenvalue weighted by Gasteiger charge is 2.51. The molecule has 0 radical (unpaired) electrons. The molecule has 0 saturated heterocycles. The van der Waals surface area contributed by atoms with Crippen LogP contribution < -0.4 is 9.80 Å². The fourth-order valence-electron chi connectivity index (χ4n) is 12.5.